The average molecular weight is 445 g/mol. The summed E-state index contributed by atoms with van der Waals surface area (Å²) < 4.78 is 1.90. The van der Waals surface area contributed by atoms with Crippen LogP contribution < -0.4 is 10.2 Å². The molecule has 0 saturated carbocycles. The molecule has 0 amide bonds. The molecule has 8 heteroatoms. The first-order valence-electron chi connectivity index (χ1n) is 12.1. The fraction of sp³-hybridized carbons (Fsp3) is 0.480. The molecule has 1 aliphatic heterocycles. The SMILES string of the molecule is CC(C)c1cnn2c(NC3CCc4[nH]c5ccccc5c4C3)nc(N3CCN(C)CC3)nc12. The summed E-state index contributed by atoms with van der Waals surface area (Å²) in [6, 6.07) is 8.93. The van der Waals surface area contributed by atoms with Crippen LogP contribution in [0.1, 0.15) is 43.0 Å². The van der Waals surface area contributed by atoms with Crippen molar-refractivity contribution in [2.45, 2.75) is 45.1 Å². The number of piperazine rings is 1. The summed E-state index contributed by atoms with van der Waals surface area (Å²) in [5.74, 6) is 1.97. The lowest BCUT2D eigenvalue weighted by Crippen LogP contribution is -2.45. The number of anilines is 2. The molecule has 4 aromatic rings. The molecule has 4 heterocycles. The number of hydrogen-bond acceptors (Lipinski definition) is 6. The third-order valence-electron chi connectivity index (χ3n) is 7.22. The van der Waals surface area contributed by atoms with Gasteiger partial charge in [0.05, 0.1) is 6.20 Å². The first-order valence-corrected chi connectivity index (χ1v) is 12.1. The number of H-pyrrole nitrogens is 1. The number of benzene rings is 1. The lowest BCUT2D eigenvalue weighted by Gasteiger charge is -2.32. The van der Waals surface area contributed by atoms with Crippen LogP contribution >= 0.6 is 0 Å². The van der Waals surface area contributed by atoms with Crippen LogP contribution in [-0.4, -0.2) is 68.7 Å². The van der Waals surface area contributed by atoms with Gasteiger partial charge in [0, 0.05) is 54.4 Å². The molecule has 172 valence electrons. The number of nitrogens with zero attached hydrogens (tertiary/aromatic N) is 6. The van der Waals surface area contributed by atoms with E-state index in [-0.39, 0.29) is 0 Å². The van der Waals surface area contributed by atoms with Crippen molar-refractivity contribution in [1.82, 2.24) is 29.5 Å². The van der Waals surface area contributed by atoms with Gasteiger partial charge in [-0.2, -0.15) is 19.6 Å². The predicted octanol–water partition coefficient (Wildman–Crippen LogP) is 3.45. The Hall–Kier alpha value is -3.13. The number of fused-ring (bicyclic) bond motifs is 4. The van der Waals surface area contributed by atoms with E-state index in [0.717, 1.165) is 63.0 Å². The number of aryl methyl sites for hydroxylation is 1. The predicted molar refractivity (Wildman–Crippen MR) is 132 cm³/mol. The Balaban J connectivity index is 1.35. The van der Waals surface area contributed by atoms with Gasteiger partial charge < -0.3 is 20.1 Å². The zero-order valence-electron chi connectivity index (χ0n) is 19.7. The van der Waals surface area contributed by atoms with E-state index in [0.29, 0.717) is 12.0 Å². The van der Waals surface area contributed by atoms with Gasteiger partial charge in [0.25, 0.3) is 0 Å². The molecule has 2 N–H and O–H groups in total. The lowest BCUT2D eigenvalue weighted by molar-refractivity contribution is 0.311. The first-order chi connectivity index (χ1) is 16.1. The monoisotopic (exact) mass is 444 g/mol. The number of aromatic amines is 1. The molecule has 2 aliphatic rings. The van der Waals surface area contributed by atoms with Crippen molar-refractivity contribution in [1.29, 1.82) is 0 Å². The van der Waals surface area contributed by atoms with Gasteiger partial charge in [-0.1, -0.05) is 32.0 Å². The normalized spacial score (nSPS) is 19.5. The third kappa shape index (κ3) is 3.62. The summed E-state index contributed by atoms with van der Waals surface area (Å²) in [5.41, 5.74) is 6.13. The van der Waals surface area contributed by atoms with Gasteiger partial charge in [0.15, 0.2) is 5.65 Å². The zero-order chi connectivity index (χ0) is 22.5. The van der Waals surface area contributed by atoms with Crippen LogP contribution in [0.5, 0.6) is 0 Å². The summed E-state index contributed by atoms with van der Waals surface area (Å²) in [5, 5.41) is 9.78. The largest absolute Gasteiger partial charge is 0.358 e. The maximum Gasteiger partial charge on any atom is 0.230 e. The van der Waals surface area contributed by atoms with Gasteiger partial charge in [0.1, 0.15) is 0 Å². The lowest BCUT2D eigenvalue weighted by atomic mass is 9.91. The van der Waals surface area contributed by atoms with E-state index in [1.54, 1.807) is 0 Å². The van der Waals surface area contributed by atoms with Crippen molar-refractivity contribution in [3.05, 3.63) is 47.3 Å². The fourth-order valence-corrected chi connectivity index (χ4v) is 5.21. The second-order valence-electron chi connectivity index (χ2n) is 9.84. The Morgan fingerprint density at radius 3 is 2.73 bits per heavy atom. The Morgan fingerprint density at radius 1 is 1.09 bits per heavy atom. The van der Waals surface area contributed by atoms with Gasteiger partial charge in [0.2, 0.25) is 11.9 Å². The van der Waals surface area contributed by atoms with E-state index < -0.39 is 0 Å². The van der Waals surface area contributed by atoms with Crippen LogP contribution in [-0.2, 0) is 12.8 Å². The van der Waals surface area contributed by atoms with Gasteiger partial charge in [-0.3, -0.25) is 0 Å². The first kappa shape index (κ1) is 20.5. The zero-order valence-corrected chi connectivity index (χ0v) is 19.7. The Labute approximate surface area is 194 Å². The molecule has 6 rings (SSSR count). The Kier molecular flexibility index (Phi) is 4.98. The molecule has 1 atom stereocenters. The van der Waals surface area contributed by atoms with Gasteiger partial charge >= 0.3 is 0 Å². The van der Waals surface area contributed by atoms with E-state index in [2.05, 4.69) is 70.4 Å². The molecule has 0 spiro atoms. The van der Waals surface area contributed by atoms with Crippen molar-refractivity contribution < 1.29 is 0 Å². The van der Waals surface area contributed by atoms with Crippen LogP contribution in [0.25, 0.3) is 16.6 Å². The molecule has 3 aromatic heterocycles. The molecular formula is C25H32N8. The van der Waals surface area contributed by atoms with E-state index >= 15 is 0 Å². The van der Waals surface area contributed by atoms with Crippen LogP contribution in [0.4, 0.5) is 11.9 Å². The van der Waals surface area contributed by atoms with Crippen molar-refractivity contribution in [2.75, 3.05) is 43.4 Å². The van der Waals surface area contributed by atoms with Crippen molar-refractivity contribution in [3.8, 4) is 0 Å². The smallest absolute Gasteiger partial charge is 0.230 e. The number of likely N-dealkylation sites (N-methyl/N-ethyl adjacent to an activating group) is 1. The number of hydrogen-bond donors (Lipinski definition) is 2. The van der Waals surface area contributed by atoms with Gasteiger partial charge in [-0.05, 0) is 43.9 Å². The summed E-state index contributed by atoms with van der Waals surface area (Å²) in [4.78, 5) is 18.3. The Bertz CT molecular complexity index is 1290. The molecular weight excluding hydrogens is 412 g/mol. The number of nitrogens with one attached hydrogen (secondary N) is 2. The molecule has 0 bridgehead atoms. The van der Waals surface area contributed by atoms with Crippen LogP contribution in [0.15, 0.2) is 30.5 Å². The van der Waals surface area contributed by atoms with Crippen molar-refractivity contribution >= 4 is 28.4 Å². The van der Waals surface area contributed by atoms with E-state index in [1.807, 2.05) is 10.7 Å². The molecule has 1 unspecified atom stereocenters. The van der Waals surface area contributed by atoms with E-state index in [1.165, 1.54) is 27.7 Å². The van der Waals surface area contributed by atoms with Crippen LogP contribution in [0, 0.1) is 0 Å². The molecule has 1 aromatic carbocycles. The van der Waals surface area contributed by atoms with E-state index in [9.17, 15) is 0 Å². The highest BCUT2D eigenvalue weighted by molar-refractivity contribution is 5.85. The van der Waals surface area contributed by atoms with Crippen molar-refractivity contribution in [2.24, 2.45) is 0 Å². The minimum absolute atomic E-state index is 0.307. The highest BCUT2D eigenvalue weighted by Gasteiger charge is 2.26. The molecule has 1 fully saturated rings. The molecule has 0 radical (unpaired) electrons. The topological polar surface area (TPSA) is 77.4 Å². The van der Waals surface area contributed by atoms with Crippen LogP contribution in [0.3, 0.4) is 0 Å². The molecule has 1 saturated heterocycles. The van der Waals surface area contributed by atoms with Crippen LogP contribution in [0.2, 0.25) is 0 Å². The molecule has 1 aliphatic carbocycles. The molecule has 8 nitrogen and oxygen atoms in total. The minimum atomic E-state index is 0.307. The number of aromatic nitrogens is 5. The quantitative estimate of drug-likeness (QED) is 0.502. The second kappa shape index (κ2) is 8.02. The average Bonchev–Trinajstić information content (AvgIpc) is 3.41. The Morgan fingerprint density at radius 2 is 1.91 bits per heavy atom. The standard InChI is InChI=1S/C25H32N8/c1-16(2)20-15-26-33-23(20)29-24(32-12-10-31(3)11-13-32)30-25(33)27-17-8-9-22-19(14-17)18-6-4-5-7-21(18)28-22/h4-7,15-17,28H,8-14H2,1-3H3,(H,27,29,30). The number of rotatable bonds is 4. The van der Waals surface area contributed by atoms with Gasteiger partial charge in [-0.15, -0.1) is 0 Å². The third-order valence-corrected chi connectivity index (χ3v) is 7.22. The maximum atomic E-state index is 5.00. The highest BCUT2D eigenvalue weighted by Crippen LogP contribution is 2.31. The molecule has 33 heavy (non-hydrogen) atoms. The van der Waals surface area contributed by atoms with E-state index in [4.69, 9.17) is 9.97 Å². The van der Waals surface area contributed by atoms with Gasteiger partial charge in [-0.25, -0.2) is 0 Å². The summed E-state index contributed by atoms with van der Waals surface area (Å²) in [6.45, 7) is 8.33. The number of para-hydroxylation sites is 1. The highest BCUT2D eigenvalue weighted by atomic mass is 15.4. The van der Waals surface area contributed by atoms with Crippen molar-refractivity contribution in [3.63, 3.8) is 0 Å². The fourth-order valence-electron chi connectivity index (χ4n) is 5.21. The summed E-state index contributed by atoms with van der Waals surface area (Å²) in [7, 11) is 2.17. The summed E-state index contributed by atoms with van der Waals surface area (Å²) in [6.07, 6.45) is 5.03. The minimum Gasteiger partial charge on any atom is -0.358 e. The summed E-state index contributed by atoms with van der Waals surface area (Å²) >= 11 is 0. The maximum absolute atomic E-state index is 5.00. The second-order valence-corrected chi connectivity index (χ2v) is 9.84.